The van der Waals surface area contributed by atoms with Crippen LogP contribution in [-0.2, 0) is 9.53 Å². The highest BCUT2D eigenvalue weighted by molar-refractivity contribution is 6.30. The van der Waals surface area contributed by atoms with Crippen LogP contribution in [0.3, 0.4) is 0 Å². The summed E-state index contributed by atoms with van der Waals surface area (Å²) in [6.07, 6.45) is 0.914. The van der Waals surface area contributed by atoms with Crippen LogP contribution in [0, 0.1) is 0 Å². The fourth-order valence-electron chi connectivity index (χ4n) is 2.39. The summed E-state index contributed by atoms with van der Waals surface area (Å²) in [4.78, 5) is 12.7. The van der Waals surface area contributed by atoms with Crippen LogP contribution in [-0.4, -0.2) is 54.4 Å². The Bertz CT molecular complexity index is 471. The Balaban J connectivity index is 1.57. The molecule has 5 nitrogen and oxygen atoms in total. The molecule has 1 aromatic rings. The van der Waals surface area contributed by atoms with Crippen molar-refractivity contribution in [2.45, 2.75) is 18.9 Å². The summed E-state index contributed by atoms with van der Waals surface area (Å²) in [7, 11) is 0. The number of halogens is 1. The van der Waals surface area contributed by atoms with Crippen LogP contribution in [0.25, 0.3) is 0 Å². The molecule has 0 aromatic heterocycles. The quantitative estimate of drug-likeness (QED) is 0.746. The minimum absolute atomic E-state index is 0.232. The highest BCUT2D eigenvalue weighted by Gasteiger charge is 2.39. The van der Waals surface area contributed by atoms with E-state index in [0.29, 0.717) is 11.6 Å². The number of likely N-dealkylation sites (tertiary alicyclic amines) is 1. The predicted molar refractivity (Wildman–Crippen MR) is 80.0 cm³/mol. The molecule has 21 heavy (non-hydrogen) atoms. The summed E-state index contributed by atoms with van der Waals surface area (Å²) in [5.74, 6) is -0.108. The summed E-state index contributed by atoms with van der Waals surface area (Å²) in [5, 5.41) is 9.30. The average Bonchev–Trinajstić information content (AvgIpc) is 2.41. The van der Waals surface area contributed by atoms with Gasteiger partial charge < -0.3 is 14.6 Å². The van der Waals surface area contributed by atoms with Gasteiger partial charge in [-0.1, -0.05) is 11.6 Å². The number of nitrogens with zero attached hydrogens (tertiary/aromatic N) is 1. The second kappa shape index (κ2) is 7.11. The molecule has 0 saturated carbocycles. The van der Waals surface area contributed by atoms with E-state index in [2.05, 4.69) is 4.90 Å². The molecule has 1 N–H and O–H groups in total. The molecular formula is C15H20ClNO4. The SMILES string of the molecule is CC1(OCC(=O)O)CN(CCCOc2ccc(Cl)cc2)C1. The third kappa shape index (κ3) is 5.19. The maximum Gasteiger partial charge on any atom is 0.329 e. The minimum Gasteiger partial charge on any atom is -0.494 e. The summed E-state index contributed by atoms with van der Waals surface area (Å²) >= 11 is 5.80. The monoisotopic (exact) mass is 313 g/mol. The first-order chi connectivity index (χ1) is 9.97. The second-order valence-electron chi connectivity index (χ2n) is 5.50. The number of hydrogen-bond acceptors (Lipinski definition) is 4. The van der Waals surface area contributed by atoms with E-state index < -0.39 is 5.97 Å². The Labute approximate surface area is 129 Å². The Morgan fingerprint density at radius 2 is 2.05 bits per heavy atom. The summed E-state index contributed by atoms with van der Waals surface area (Å²) in [5.41, 5.74) is -0.324. The lowest BCUT2D eigenvalue weighted by atomic mass is 9.96. The molecular weight excluding hydrogens is 294 g/mol. The lowest BCUT2D eigenvalue weighted by Crippen LogP contribution is -2.61. The van der Waals surface area contributed by atoms with Gasteiger partial charge in [0.2, 0.25) is 0 Å². The Morgan fingerprint density at radius 1 is 1.38 bits per heavy atom. The van der Waals surface area contributed by atoms with Crippen LogP contribution in [0.4, 0.5) is 0 Å². The normalized spacial score (nSPS) is 17.2. The molecule has 1 aliphatic heterocycles. The van der Waals surface area contributed by atoms with E-state index in [0.717, 1.165) is 31.8 Å². The first kappa shape index (κ1) is 16.1. The zero-order valence-corrected chi connectivity index (χ0v) is 12.8. The van der Waals surface area contributed by atoms with Crippen molar-refractivity contribution in [1.82, 2.24) is 4.90 Å². The summed E-state index contributed by atoms with van der Waals surface area (Å²) in [6.45, 7) is 4.80. The van der Waals surface area contributed by atoms with Crippen molar-refractivity contribution >= 4 is 17.6 Å². The molecule has 116 valence electrons. The Morgan fingerprint density at radius 3 is 2.67 bits per heavy atom. The molecule has 0 atom stereocenters. The molecule has 2 rings (SSSR count). The zero-order chi connectivity index (χ0) is 15.3. The van der Waals surface area contributed by atoms with Gasteiger partial charge >= 0.3 is 5.97 Å². The molecule has 1 fully saturated rings. The predicted octanol–water partition coefficient (Wildman–Crippen LogP) is 2.28. The van der Waals surface area contributed by atoms with Crippen molar-refractivity contribution in [1.29, 1.82) is 0 Å². The fourth-order valence-corrected chi connectivity index (χ4v) is 2.52. The molecule has 0 amide bonds. The van der Waals surface area contributed by atoms with Gasteiger partial charge in [-0.15, -0.1) is 0 Å². The highest BCUT2D eigenvalue weighted by Crippen LogP contribution is 2.24. The van der Waals surface area contributed by atoms with E-state index in [1.807, 2.05) is 19.1 Å². The van der Waals surface area contributed by atoms with Crippen molar-refractivity contribution < 1.29 is 19.4 Å². The lowest BCUT2D eigenvalue weighted by molar-refractivity contribution is -0.164. The molecule has 1 saturated heterocycles. The first-order valence-corrected chi connectivity index (χ1v) is 7.31. The molecule has 0 unspecified atom stereocenters. The summed E-state index contributed by atoms with van der Waals surface area (Å²) in [6, 6.07) is 7.31. The van der Waals surface area contributed by atoms with Gasteiger partial charge in [-0.2, -0.15) is 0 Å². The van der Waals surface area contributed by atoms with Crippen molar-refractivity contribution in [2.75, 3.05) is 32.8 Å². The van der Waals surface area contributed by atoms with Crippen LogP contribution < -0.4 is 4.74 Å². The van der Waals surface area contributed by atoms with E-state index in [1.54, 1.807) is 12.1 Å². The lowest BCUT2D eigenvalue weighted by Gasteiger charge is -2.47. The minimum atomic E-state index is -0.925. The maximum absolute atomic E-state index is 10.5. The number of ether oxygens (including phenoxy) is 2. The van der Waals surface area contributed by atoms with Gasteiger partial charge in [0.05, 0.1) is 12.2 Å². The number of carboxylic acid groups (broad SMARTS) is 1. The van der Waals surface area contributed by atoms with Crippen molar-refractivity contribution in [3.05, 3.63) is 29.3 Å². The van der Waals surface area contributed by atoms with Crippen molar-refractivity contribution in [3.63, 3.8) is 0 Å². The molecule has 0 radical (unpaired) electrons. The zero-order valence-electron chi connectivity index (χ0n) is 12.0. The summed E-state index contributed by atoms with van der Waals surface area (Å²) < 4.78 is 11.0. The van der Waals surface area contributed by atoms with Crippen LogP contribution >= 0.6 is 11.6 Å². The molecule has 1 heterocycles. The van der Waals surface area contributed by atoms with Crippen LogP contribution in [0.5, 0.6) is 5.75 Å². The number of carboxylic acids is 1. The average molecular weight is 314 g/mol. The van der Waals surface area contributed by atoms with E-state index in [-0.39, 0.29) is 12.2 Å². The number of aliphatic carboxylic acids is 1. The van der Waals surface area contributed by atoms with Gasteiger partial charge in [0.25, 0.3) is 0 Å². The van der Waals surface area contributed by atoms with Gasteiger partial charge in [-0.05, 0) is 37.6 Å². The van der Waals surface area contributed by atoms with Gasteiger partial charge in [-0.25, -0.2) is 4.79 Å². The Kier molecular flexibility index (Phi) is 5.45. The smallest absolute Gasteiger partial charge is 0.329 e. The number of benzene rings is 1. The first-order valence-electron chi connectivity index (χ1n) is 6.93. The largest absolute Gasteiger partial charge is 0.494 e. The van der Waals surface area contributed by atoms with Crippen LogP contribution in [0.2, 0.25) is 5.02 Å². The number of hydrogen-bond donors (Lipinski definition) is 1. The van der Waals surface area contributed by atoms with E-state index >= 15 is 0 Å². The fraction of sp³-hybridized carbons (Fsp3) is 0.533. The van der Waals surface area contributed by atoms with Gasteiger partial charge in [0.15, 0.2) is 0 Å². The highest BCUT2D eigenvalue weighted by atomic mass is 35.5. The Hall–Kier alpha value is -1.30. The third-order valence-electron chi connectivity index (χ3n) is 3.36. The van der Waals surface area contributed by atoms with Crippen LogP contribution in [0.15, 0.2) is 24.3 Å². The van der Waals surface area contributed by atoms with E-state index in [1.165, 1.54) is 0 Å². The third-order valence-corrected chi connectivity index (χ3v) is 3.61. The number of carbonyl (C=O) groups is 1. The van der Waals surface area contributed by atoms with Crippen molar-refractivity contribution in [2.24, 2.45) is 0 Å². The topological polar surface area (TPSA) is 59.0 Å². The molecule has 0 aliphatic carbocycles. The van der Waals surface area contributed by atoms with Crippen molar-refractivity contribution in [3.8, 4) is 5.75 Å². The van der Waals surface area contributed by atoms with E-state index in [4.69, 9.17) is 26.2 Å². The van der Waals surface area contributed by atoms with Gasteiger partial charge in [0.1, 0.15) is 12.4 Å². The molecule has 0 bridgehead atoms. The van der Waals surface area contributed by atoms with E-state index in [9.17, 15) is 4.79 Å². The molecule has 1 aromatic carbocycles. The van der Waals surface area contributed by atoms with Gasteiger partial charge in [0, 0.05) is 24.7 Å². The van der Waals surface area contributed by atoms with Crippen LogP contribution in [0.1, 0.15) is 13.3 Å². The molecule has 6 heteroatoms. The standard InChI is InChI=1S/C15H20ClNO4/c1-15(21-9-14(18)19)10-17(11-15)7-2-8-20-13-5-3-12(16)4-6-13/h3-6H,2,7-11H2,1H3,(H,18,19). The maximum atomic E-state index is 10.5. The second-order valence-corrected chi connectivity index (χ2v) is 5.94. The number of rotatable bonds is 8. The van der Waals surface area contributed by atoms with Gasteiger partial charge in [-0.3, -0.25) is 4.90 Å². The molecule has 0 spiro atoms. The molecule has 1 aliphatic rings.